The van der Waals surface area contributed by atoms with Gasteiger partial charge in [0.15, 0.2) is 0 Å². The largest absolute Gasteiger partial charge is 0.285 e. The van der Waals surface area contributed by atoms with Crippen LogP contribution in [0.4, 0.5) is 0 Å². The standard InChI is InChI=1S/C14H11N5/c1-8-12-7-15-13-3-2-9(10-5-16-17-6-10)4-11(13)14(12)19-18-8/h2-7H,1H3,(H,16,17)(H,18,19). The van der Waals surface area contributed by atoms with E-state index in [-0.39, 0.29) is 0 Å². The van der Waals surface area contributed by atoms with E-state index >= 15 is 0 Å². The highest BCUT2D eigenvalue weighted by Gasteiger charge is 2.08. The minimum atomic E-state index is 0.950. The molecule has 0 saturated heterocycles. The molecule has 4 rings (SSSR count). The van der Waals surface area contributed by atoms with Gasteiger partial charge in [-0.3, -0.25) is 15.2 Å². The van der Waals surface area contributed by atoms with E-state index < -0.39 is 0 Å². The number of benzene rings is 1. The highest BCUT2D eigenvalue weighted by molar-refractivity contribution is 6.05. The molecule has 5 nitrogen and oxygen atoms in total. The molecule has 0 aliphatic heterocycles. The van der Waals surface area contributed by atoms with Crippen molar-refractivity contribution < 1.29 is 0 Å². The molecule has 0 atom stereocenters. The number of fused-ring (bicyclic) bond motifs is 3. The smallest absolute Gasteiger partial charge is 0.103 e. The van der Waals surface area contributed by atoms with Gasteiger partial charge in [-0.05, 0) is 24.6 Å². The summed E-state index contributed by atoms with van der Waals surface area (Å²) in [6, 6.07) is 6.17. The molecule has 0 spiro atoms. The second kappa shape index (κ2) is 3.65. The Bertz CT molecular complexity index is 874. The summed E-state index contributed by atoms with van der Waals surface area (Å²) in [5.41, 5.74) is 5.12. The molecular formula is C14H11N5. The van der Waals surface area contributed by atoms with Gasteiger partial charge in [-0.15, -0.1) is 0 Å². The predicted molar refractivity (Wildman–Crippen MR) is 73.7 cm³/mol. The fraction of sp³-hybridized carbons (Fsp3) is 0.0714. The summed E-state index contributed by atoms with van der Waals surface area (Å²) in [5.74, 6) is 0. The highest BCUT2D eigenvalue weighted by atomic mass is 15.1. The highest BCUT2D eigenvalue weighted by Crippen LogP contribution is 2.28. The molecule has 0 aliphatic rings. The van der Waals surface area contributed by atoms with Gasteiger partial charge in [-0.1, -0.05) is 6.07 Å². The molecule has 4 aromatic rings. The molecule has 0 aliphatic carbocycles. The number of aromatic amines is 2. The van der Waals surface area contributed by atoms with Crippen LogP contribution < -0.4 is 0 Å². The number of pyridine rings is 1. The molecule has 92 valence electrons. The van der Waals surface area contributed by atoms with Crippen molar-refractivity contribution >= 4 is 21.8 Å². The summed E-state index contributed by atoms with van der Waals surface area (Å²) in [7, 11) is 0. The minimum Gasteiger partial charge on any atom is -0.285 e. The summed E-state index contributed by atoms with van der Waals surface area (Å²) in [6.07, 6.45) is 5.56. The lowest BCUT2D eigenvalue weighted by atomic mass is 10.0. The van der Waals surface area contributed by atoms with Crippen LogP contribution in [0.25, 0.3) is 32.9 Å². The Morgan fingerprint density at radius 1 is 1.05 bits per heavy atom. The molecule has 3 aromatic heterocycles. The molecule has 0 bridgehead atoms. The second-order valence-electron chi connectivity index (χ2n) is 4.59. The summed E-state index contributed by atoms with van der Waals surface area (Å²) in [4.78, 5) is 4.48. The van der Waals surface area contributed by atoms with Crippen LogP contribution in [-0.2, 0) is 0 Å². The van der Waals surface area contributed by atoms with Crippen molar-refractivity contribution in [1.82, 2.24) is 25.4 Å². The van der Waals surface area contributed by atoms with Crippen molar-refractivity contribution in [3.8, 4) is 11.1 Å². The normalized spacial score (nSPS) is 11.4. The molecule has 19 heavy (non-hydrogen) atoms. The zero-order valence-electron chi connectivity index (χ0n) is 10.3. The van der Waals surface area contributed by atoms with Crippen LogP contribution in [0.1, 0.15) is 5.69 Å². The number of rotatable bonds is 1. The Kier molecular flexibility index (Phi) is 1.97. The van der Waals surface area contributed by atoms with Crippen molar-refractivity contribution in [3.05, 3.63) is 42.5 Å². The van der Waals surface area contributed by atoms with Crippen molar-refractivity contribution in [2.24, 2.45) is 0 Å². The third-order valence-corrected chi connectivity index (χ3v) is 3.41. The lowest BCUT2D eigenvalue weighted by molar-refractivity contribution is 1.07. The first kappa shape index (κ1) is 10.3. The number of aromatic nitrogens is 5. The Morgan fingerprint density at radius 3 is 2.84 bits per heavy atom. The van der Waals surface area contributed by atoms with Gasteiger partial charge in [0.1, 0.15) is 5.52 Å². The van der Waals surface area contributed by atoms with E-state index in [1.54, 1.807) is 0 Å². The summed E-state index contributed by atoms with van der Waals surface area (Å²) < 4.78 is 0. The predicted octanol–water partition coefficient (Wildman–Crippen LogP) is 2.81. The molecule has 1 aromatic carbocycles. The quantitative estimate of drug-likeness (QED) is 0.545. The molecule has 0 radical (unpaired) electrons. The Morgan fingerprint density at radius 2 is 2.00 bits per heavy atom. The van der Waals surface area contributed by atoms with E-state index in [0.29, 0.717) is 0 Å². The molecule has 0 fully saturated rings. The number of aryl methyl sites for hydroxylation is 1. The number of hydrogen-bond acceptors (Lipinski definition) is 3. The van der Waals surface area contributed by atoms with Gasteiger partial charge >= 0.3 is 0 Å². The maximum atomic E-state index is 4.48. The third kappa shape index (κ3) is 1.45. The first-order valence-electron chi connectivity index (χ1n) is 6.05. The van der Waals surface area contributed by atoms with Gasteiger partial charge < -0.3 is 0 Å². The van der Waals surface area contributed by atoms with E-state index in [1.165, 1.54) is 0 Å². The molecule has 5 heteroatoms. The van der Waals surface area contributed by atoms with Crippen LogP contribution >= 0.6 is 0 Å². The Labute approximate surface area is 108 Å². The van der Waals surface area contributed by atoms with E-state index in [0.717, 1.165) is 38.6 Å². The van der Waals surface area contributed by atoms with Gasteiger partial charge in [0.2, 0.25) is 0 Å². The van der Waals surface area contributed by atoms with Gasteiger partial charge in [0, 0.05) is 34.4 Å². The topological polar surface area (TPSA) is 70.2 Å². The lowest BCUT2D eigenvalue weighted by Crippen LogP contribution is -1.83. The molecule has 0 unspecified atom stereocenters. The summed E-state index contributed by atoms with van der Waals surface area (Å²) >= 11 is 0. The number of hydrogen-bond donors (Lipinski definition) is 2. The van der Waals surface area contributed by atoms with Gasteiger partial charge in [0.25, 0.3) is 0 Å². The third-order valence-electron chi connectivity index (χ3n) is 3.41. The average Bonchev–Trinajstić information content (AvgIpc) is 3.08. The van der Waals surface area contributed by atoms with Crippen molar-refractivity contribution in [2.75, 3.05) is 0 Å². The minimum absolute atomic E-state index is 0.950. The Hall–Kier alpha value is -2.69. The van der Waals surface area contributed by atoms with Crippen molar-refractivity contribution in [2.45, 2.75) is 6.92 Å². The van der Waals surface area contributed by atoms with Crippen molar-refractivity contribution in [3.63, 3.8) is 0 Å². The van der Waals surface area contributed by atoms with Gasteiger partial charge in [-0.2, -0.15) is 10.2 Å². The lowest BCUT2D eigenvalue weighted by Gasteiger charge is -2.01. The van der Waals surface area contributed by atoms with Crippen LogP contribution in [0.3, 0.4) is 0 Å². The number of nitrogens with zero attached hydrogens (tertiary/aromatic N) is 3. The first-order chi connectivity index (χ1) is 9.33. The number of H-pyrrole nitrogens is 2. The van der Waals surface area contributed by atoms with Crippen LogP contribution in [0.2, 0.25) is 0 Å². The maximum Gasteiger partial charge on any atom is 0.103 e. The van der Waals surface area contributed by atoms with E-state index in [9.17, 15) is 0 Å². The van der Waals surface area contributed by atoms with Crippen molar-refractivity contribution in [1.29, 1.82) is 0 Å². The average molecular weight is 249 g/mol. The SMILES string of the molecule is Cc1[nH]nc2c1cnc1ccc(-c3cn[nH]c3)cc12. The summed E-state index contributed by atoms with van der Waals surface area (Å²) in [6.45, 7) is 2.00. The van der Waals surface area contributed by atoms with E-state index in [4.69, 9.17) is 0 Å². The zero-order chi connectivity index (χ0) is 12.8. The van der Waals surface area contributed by atoms with Gasteiger partial charge in [0.05, 0.1) is 11.7 Å². The molecule has 0 saturated carbocycles. The van der Waals surface area contributed by atoms with Crippen LogP contribution in [-0.4, -0.2) is 25.4 Å². The molecule has 3 heterocycles. The molecule has 2 N–H and O–H groups in total. The zero-order valence-corrected chi connectivity index (χ0v) is 10.3. The van der Waals surface area contributed by atoms with E-state index in [1.807, 2.05) is 37.6 Å². The first-order valence-corrected chi connectivity index (χ1v) is 6.05. The van der Waals surface area contributed by atoms with Crippen LogP contribution in [0.5, 0.6) is 0 Å². The fourth-order valence-electron chi connectivity index (χ4n) is 2.36. The fourth-order valence-corrected chi connectivity index (χ4v) is 2.36. The molecular weight excluding hydrogens is 238 g/mol. The maximum absolute atomic E-state index is 4.48. The molecule has 0 amide bonds. The number of nitrogens with one attached hydrogen (secondary N) is 2. The van der Waals surface area contributed by atoms with Gasteiger partial charge in [-0.25, -0.2) is 0 Å². The van der Waals surface area contributed by atoms with Crippen LogP contribution in [0.15, 0.2) is 36.8 Å². The van der Waals surface area contributed by atoms with Crippen LogP contribution in [0, 0.1) is 6.92 Å². The Balaban J connectivity index is 2.08. The van der Waals surface area contributed by atoms with E-state index in [2.05, 4.69) is 31.4 Å². The monoisotopic (exact) mass is 249 g/mol. The summed E-state index contributed by atoms with van der Waals surface area (Å²) in [5, 5.41) is 16.3. The second-order valence-corrected chi connectivity index (χ2v) is 4.59.